The molecule has 0 aliphatic heterocycles. The van der Waals surface area contributed by atoms with Crippen LogP contribution in [-0.2, 0) is 5.75 Å². The van der Waals surface area contributed by atoms with Crippen molar-refractivity contribution < 1.29 is 15.0 Å². The molecule has 0 amide bonds. The number of hydrogen-bond donors (Lipinski definition) is 3. The molecule has 0 saturated carbocycles. The summed E-state index contributed by atoms with van der Waals surface area (Å²) >= 11 is 1.50. The van der Waals surface area contributed by atoms with Gasteiger partial charge in [-0.1, -0.05) is 19.1 Å². The maximum Gasteiger partial charge on any atom is 0.338 e. The molecule has 88 valence electrons. The number of aromatic carboxylic acids is 1. The van der Waals surface area contributed by atoms with E-state index < -0.39 is 5.97 Å². The molecule has 1 atom stereocenters. The molecule has 0 aliphatic carbocycles. The lowest BCUT2D eigenvalue weighted by atomic mass is 10.1. The smallest absolute Gasteiger partial charge is 0.338 e. The zero-order chi connectivity index (χ0) is 12.1. The van der Waals surface area contributed by atoms with Crippen LogP contribution in [0.5, 0.6) is 0 Å². The van der Waals surface area contributed by atoms with Crippen LogP contribution in [0.4, 0.5) is 5.69 Å². The summed E-state index contributed by atoms with van der Waals surface area (Å²) in [4.78, 5) is 11.0. The number of rotatable bonds is 5. The first kappa shape index (κ1) is 12.9. The number of hydrogen-bond acceptors (Lipinski definition) is 4. The second kappa shape index (κ2) is 5.77. The molecule has 0 heterocycles. The van der Waals surface area contributed by atoms with Crippen LogP contribution in [-0.4, -0.2) is 28.0 Å². The average molecular weight is 241 g/mol. The number of benzene rings is 1. The largest absolute Gasteiger partial charge is 0.478 e. The van der Waals surface area contributed by atoms with E-state index >= 15 is 0 Å². The van der Waals surface area contributed by atoms with Gasteiger partial charge in [-0.05, 0) is 11.6 Å². The lowest BCUT2D eigenvalue weighted by molar-refractivity contribution is 0.0697. The van der Waals surface area contributed by atoms with Gasteiger partial charge in [0.15, 0.2) is 0 Å². The molecule has 5 heteroatoms. The molecule has 1 aromatic rings. The zero-order valence-corrected chi connectivity index (χ0v) is 9.83. The molecule has 0 saturated heterocycles. The molecule has 4 N–H and O–H groups in total. The summed E-state index contributed by atoms with van der Waals surface area (Å²) in [5.74, 6) is -0.473. The summed E-state index contributed by atoms with van der Waals surface area (Å²) in [6, 6.07) is 5.06. The number of aliphatic hydroxyl groups excluding tert-OH is 1. The first-order valence-electron chi connectivity index (χ1n) is 4.89. The van der Waals surface area contributed by atoms with E-state index in [-0.39, 0.29) is 23.1 Å². The first-order chi connectivity index (χ1) is 7.56. The van der Waals surface area contributed by atoms with E-state index in [9.17, 15) is 4.79 Å². The predicted molar refractivity (Wildman–Crippen MR) is 65.7 cm³/mol. The molecule has 0 radical (unpaired) electrons. The van der Waals surface area contributed by atoms with Gasteiger partial charge in [-0.25, -0.2) is 4.79 Å². The second-order valence-corrected chi connectivity index (χ2v) is 4.92. The van der Waals surface area contributed by atoms with Crippen LogP contribution in [0.25, 0.3) is 0 Å². The minimum Gasteiger partial charge on any atom is -0.478 e. The van der Waals surface area contributed by atoms with Gasteiger partial charge in [-0.3, -0.25) is 0 Å². The van der Waals surface area contributed by atoms with E-state index in [0.29, 0.717) is 11.3 Å². The van der Waals surface area contributed by atoms with Crippen LogP contribution >= 0.6 is 11.8 Å². The highest BCUT2D eigenvalue weighted by molar-refractivity contribution is 7.99. The van der Waals surface area contributed by atoms with E-state index in [1.165, 1.54) is 11.8 Å². The summed E-state index contributed by atoms with van der Waals surface area (Å²) in [6.07, 6.45) is 0. The summed E-state index contributed by atoms with van der Waals surface area (Å²) in [5, 5.41) is 18.0. The van der Waals surface area contributed by atoms with Gasteiger partial charge in [0.2, 0.25) is 0 Å². The Morgan fingerprint density at radius 3 is 2.81 bits per heavy atom. The van der Waals surface area contributed by atoms with Gasteiger partial charge < -0.3 is 15.9 Å². The van der Waals surface area contributed by atoms with Gasteiger partial charge in [-0.15, -0.1) is 0 Å². The topological polar surface area (TPSA) is 83.5 Å². The SMILES string of the molecule is CC(CO)SCc1cccc(N)c1C(=O)O. The van der Waals surface area contributed by atoms with Crippen LogP contribution in [0.15, 0.2) is 18.2 Å². The van der Waals surface area contributed by atoms with Crippen molar-refractivity contribution in [2.75, 3.05) is 12.3 Å². The minimum absolute atomic E-state index is 0.0788. The summed E-state index contributed by atoms with van der Waals surface area (Å²) < 4.78 is 0. The van der Waals surface area contributed by atoms with Crippen molar-refractivity contribution in [2.24, 2.45) is 0 Å². The highest BCUT2D eigenvalue weighted by Crippen LogP contribution is 2.23. The van der Waals surface area contributed by atoms with E-state index in [1.807, 2.05) is 6.92 Å². The van der Waals surface area contributed by atoms with E-state index in [4.69, 9.17) is 15.9 Å². The Morgan fingerprint density at radius 1 is 1.56 bits per heavy atom. The second-order valence-electron chi connectivity index (χ2n) is 3.49. The highest BCUT2D eigenvalue weighted by Gasteiger charge is 2.14. The van der Waals surface area contributed by atoms with Crippen LogP contribution in [0.2, 0.25) is 0 Å². The van der Waals surface area contributed by atoms with Crippen LogP contribution < -0.4 is 5.73 Å². The normalized spacial score (nSPS) is 12.4. The lowest BCUT2D eigenvalue weighted by Gasteiger charge is -2.11. The van der Waals surface area contributed by atoms with Gasteiger partial charge in [0.1, 0.15) is 0 Å². The van der Waals surface area contributed by atoms with E-state index in [2.05, 4.69) is 0 Å². The molecule has 0 fully saturated rings. The lowest BCUT2D eigenvalue weighted by Crippen LogP contribution is -2.08. The average Bonchev–Trinajstić information content (AvgIpc) is 2.25. The number of nitrogen functional groups attached to an aromatic ring is 1. The Kier molecular flexibility index (Phi) is 4.64. The Balaban J connectivity index is 2.87. The van der Waals surface area contributed by atoms with Crippen LogP contribution in [0.3, 0.4) is 0 Å². The molecular formula is C11H15NO3S. The quantitative estimate of drug-likeness (QED) is 0.682. The predicted octanol–water partition coefficient (Wildman–Crippen LogP) is 1.58. The van der Waals surface area contributed by atoms with Crippen molar-refractivity contribution in [1.82, 2.24) is 0 Å². The van der Waals surface area contributed by atoms with Gasteiger partial charge >= 0.3 is 5.97 Å². The van der Waals surface area contributed by atoms with Crippen LogP contribution in [0.1, 0.15) is 22.8 Å². The molecule has 0 aliphatic rings. The molecule has 1 aromatic carbocycles. The van der Waals surface area contributed by atoms with Gasteiger partial charge in [-0.2, -0.15) is 11.8 Å². The minimum atomic E-state index is -1.01. The zero-order valence-electron chi connectivity index (χ0n) is 9.01. The van der Waals surface area contributed by atoms with Gasteiger partial charge in [0, 0.05) is 16.7 Å². The Labute approximate surface area is 98.5 Å². The third-order valence-corrected chi connectivity index (χ3v) is 3.37. The highest BCUT2D eigenvalue weighted by atomic mass is 32.2. The standard InChI is InChI=1S/C11H15NO3S/c1-7(5-13)16-6-8-3-2-4-9(12)10(8)11(14)15/h2-4,7,13H,5-6,12H2,1H3,(H,14,15). The van der Waals surface area contributed by atoms with E-state index in [1.54, 1.807) is 18.2 Å². The maximum absolute atomic E-state index is 11.0. The fraction of sp³-hybridized carbons (Fsp3) is 0.364. The third-order valence-electron chi connectivity index (χ3n) is 2.18. The van der Waals surface area contributed by atoms with Crippen molar-refractivity contribution in [2.45, 2.75) is 17.9 Å². The van der Waals surface area contributed by atoms with Crippen molar-refractivity contribution in [3.8, 4) is 0 Å². The summed E-state index contributed by atoms with van der Waals surface area (Å²) in [6.45, 7) is 1.97. The number of aliphatic hydroxyl groups is 1. The van der Waals surface area contributed by atoms with Gasteiger partial charge in [0.25, 0.3) is 0 Å². The number of carbonyl (C=O) groups is 1. The Hall–Kier alpha value is -1.20. The van der Waals surface area contributed by atoms with E-state index in [0.717, 1.165) is 0 Å². The molecular weight excluding hydrogens is 226 g/mol. The first-order valence-corrected chi connectivity index (χ1v) is 5.94. The molecule has 0 bridgehead atoms. The summed E-state index contributed by atoms with van der Waals surface area (Å²) in [7, 11) is 0. The van der Waals surface area contributed by atoms with Crippen molar-refractivity contribution in [3.05, 3.63) is 29.3 Å². The third kappa shape index (κ3) is 3.15. The maximum atomic E-state index is 11.0. The molecule has 1 unspecified atom stereocenters. The Bertz CT molecular complexity index is 381. The fourth-order valence-corrected chi connectivity index (χ4v) is 2.10. The number of carboxylic acids is 1. The number of carboxylic acid groups (broad SMARTS) is 1. The fourth-order valence-electron chi connectivity index (χ4n) is 1.29. The molecule has 0 spiro atoms. The molecule has 16 heavy (non-hydrogen) atoms. The van der Waals surface area contributed by atoms with Crippen molar-refractivity contribution in [1.29, 1.82) is 0 Å². The van der Waals surface area contributed by atoms with Crippen LogP contribution in [0, 0.1) is 0 Å². The molecule has 4 nitrogen and oxygen atoms in total. The number of nitrogens with two attached hydrogens (primary N) is 1. The van der Waals surface area contributed by atoms with Gasteiger partial charge in [0.05, 0.1) is 12.2 Å². The van der Waals surface area contributed by atoms with Crippen molar-refractivity contribution >= 4 is 23.4 Å². The van der Waals surface area contributed by atoms with Crippen molar-refractivity contribution in [3.63, 3.8) is 0 Å². The Morgan fingerprint density at radius 2 is 2.25 bits per heavy atom. The molecule has 1 rings (SSSR count). The number of thioether (sulfide) groups is 1. The molecule has 0 aromatic heterocycles. The summed E-state index contributed by atoms with van der Waals surface area (Å²) in [5.41, 5.74) is 6.76. The monoisotopic (exact) mass is 241 g/mol. The number of anilines is 1.